The summed E-state index contributed by atoms with van der Waals surface area (Å²) in [5.41, 5.74) is 7.24. The van der Waals surface area contributed by atoms with Crippen LogP contribution in [-0.4, -0.2) is 6.29 Å². The molecule has 102 valence electrons. The van der Waals surface area contributed by atoms with Gasteiger partial charge in [0.05, 0.1) is 0 Å². The van der Waals surface area contributed by atoms with Crippen molar-refractivity contribution in [2.24, 2.45) is 0 Å². The summed E-state index contributed by atoms with van der Waals surface area (Å²) in [6, 6.07) is 17.0. The molecule has 3 aromatic rings. The Kier molecular flexibility index (Phi) is 2.68. The zero-order valence-corrected chi connectivity index (χ0v) is 12.0. The Morgan fingerprint density at radius 2 is 1.71 bits per heavy atom. The van der Waals surface area contributed by atoms with E-state index in [0.717, 1.165) is 30.3 Å². The molecule has 1 aliphatic carbocycles. The van der Waals surface area contributed by atoms with Gasteiger partial charge in [0.1, 0.15) is 6.29 Å². The van der Waals surface area contributed by atoms with E-state index < -0.39 is 0 Å². The molecule has 1 heteroatoms. The van der Waals surface area contributed by atoms with Crippen LogP contribution in [0.5, 0.6) is 0 Å². The Hall–Kier alpha value is -2.41. The molecule has 1 aliphatic rings. The van der Waals surface area contributed by atoms with E-state index in [-0.39, 0.29) is 0 Å². The van der Waals surface area contributed by atoms with Crippen molar-refractivity contribution >= 4 is 17.1 Å². The van der Waals surface area contributed by atoms with Gasteiger partial charge in [0.2, 0.25) is 0 Å². The normalized spacial score (nSPS) is 12.8. The van der Waals surface area contributed by atoms with Gasteiger partial charge in [0, 0.05) is 5.56 Å². The number of hydrogen-bond donors (Lipinski definition) is 0. The molecule has 0 aromatic heterocycles. The zero-order valence-electron chi connectivity index (χ0n) is 12.0. The predicted octanol–water partition coefficient (Wildman–Crippen LogP) is 4.73. The standard InChI is InChI=1S/C20H16O/c1-13-5-6-14(12-21)11-19(13)17-10-9-16-8-7-15-3-2-4-18(17)20(15)16/h2-6,9-12H,7-8H2,1H3. The minimum Gasteiger partial charge on any atom is -0.298 e. The topological polar surface area (TPSA) is 17.1 Å². The van der Waals surface area contributed by atoms with Gasteiger partial charge in [-0.1, -0.05) is 42.5 Å². The van der Waals surface area contributed by atoms with Crippen LogP contribution in [-0.2, 0) is 12.8 Å². The van der Waals surface area contributed by atoms with Gasteiger partial charge in [0.15, 0.2) is 0 Å². The lowest BCUT2D eigenvalue weighted by molar-refractivity contribution is 0.112. The second-order valence-electron chi connectivity index (χ2n) is 5.80. The number of aryl methyl sites for hydroxylation is 3. The fourth-order valence-electron chi connectivity index (χ4n) is 3.48. The lowest BCUT2D eigenvalue weighted by atomic mass is 9.92. The van der Waals surface area contributed by atoms with Crippen molar-refractivity contribution in [1.29, 1.82) is 0 Å². The quantitative estimate of drug-likeness (QED) is 0.616. The van der Waals surface area contributed by atoms with Crippen LogP contribution in [0.15, 0.2) is 48.5 Å². The van der Waals surface area contributed by atoms with Crippen molar-refractivity contribution in [2.75, 3.05) is 0 Å². The van der Waals surface area contributed by atoms with E-state index in [2.05, 4.69) is 37.3 Å². The first-order valence-electron chi connectivity index (χ1n) is 7.37. The molecule has 0 atom stereocenters. The molecule has 4 rings (SSSR count). The Morgan fingerprint density at radius 1 is 0.905 bits per heavy atom. The van der Waals surface area contributed by atoms with Gasteiger partial charge in [-0.2, -0.15) is 0 Å². The second kappa shape index (κ2) is 4.56. The van der Waals surface area contributed by atoms with Gasteiger partial charge in [0.25, 0.3) is 0 Å². The molecule has 21 heavy (non-hydrogen) atoms. The number of hydrogen-bond acceptors (Lipinski definition) is 1. The molecule has 0 saturated heterocycles. The van der Waals surface area contributed by atoms with Crippen LogP contribution in [0.4, 0.5) is 0 Å². The molecule has 0 spiro atoms. The number of aldehydes is 1. The van der Waals surface area contributed by atoms with Crippen molar-refractivity contribution in [1.82, 2.24) is 0 Å². The van der Waals surface area contributed by atoms with E-state index in [4.69, 9.17) is 0 Å². The number of carbonyl (C=O) groups is 1. The van der Waals surface area contributed by atoms with Crippen molar-refractivity contribution in [3.8, 4) is 11.1 Å². The van der Waals surface area contributed by atoms with Crippen molar-refractivity contribution in [2.45, 2.75) is 19.8 Å². The molecule has 3 aromatic carbocycles. The largest absolute Gasteiger partial charge is 0.298 e. The van der Waals surface area contributed by atoms with Crippen molar-refractivity contribution < 1.29 is 4.79 Å². The average molecular weight is 272 g/mol. The van der Waals surface area contributed by atoms with Crippen LogP contribution in [0.1, 0.15) is 27.0 Å². The molecule has 0 fully saturated rings. The first-order valence-corrected chi connectivity index (χ1v) is 7.37. The lowest BCUT2D eigenvalue weighted by Gasteiger charge is -2.12. The molecule has 0 N–H and O–H groups in total. The number of benzene rings is 3. The highest BCUT2D eigenvalue weighted by Gasteiger charge is 2.17. The minimum absolute atomic E-state index is 0.735. The highest BCUT2D eigenvalue weighted by molar-refractivity contribution is 6.02. The fourth-order valence-corrected chi connectivity index (χ4v) is 3.48. The van der Waals surface area contributed by atoms with Crippen LogP contribution in [0.3, 0.4) is 0 Å². The first kappa shape index (κ1) is 12.3. The van der Waals surface area contributed by atoms with Crippen molar-refractivity contribution in [3.63, 3.8) is 0 Å². The van der Waals surface area contributed by atoms with E-state index in [1.807, 2.05) is 18.2 Å². The summed E-state index contributed by atoms with van der Waals surface area (Å²) in [5, 5.41) is 2.74. The molecule has 0 aliphatic heterocycles. The molecular weight excluding hydrogens is 256 g/mol. The maximum Gasteiger partial charge on any atom is 0.150 e. The molecule has 0 bridgehead atoms. The average Bonchev–Trinajstić information content (AvgIpc) is 2.94. The smallest absolute Gasteiger partial charge is 0.150 e. The van der Waals surface area contributed by atoms with E-state index in [1.165, 1.54) is 33.0 Å². The third kappa shape index (κ3) is 1.81. The van der Waals surface area contributed by atoms with Gasteiger partial charge < -0.3 is 0 Å². The Morgan fingerprint density at radius 3 is 2.52 bits per heavy atom. The van der Waals surface area contributed by atoms with Gasteiger partial charge in [-0.05, 0) is 64.4 Å². The maximum absolute atomic E-state index is 11.1. The fraction of sp³-hybridized carbons (Fsp3) is 0.150. The Bertz CT molecular complexity index is 864. The molecule has 0 radical (unpaired) electrons. The van der Waals surface area contributed by atoms with Crippen molar-refractivity contribution in [3.05, 3.63) is 70.8 Å². The minimum atomic E-state index is 0.735. The van der Waals surface area contributed by atoms with Gasteiger partial charge in [-0.3, -0.25) is 4.79 Å². The van der Waals surface area contributed by atoms with Crippen LogP contribution in [0.2, 0.25) is 0 Å². The van der Waals surface area contributed by atoms with Crippen LogP contribution in [0, 0.1) is 6.92 Å². The van der Waals surface area contributed by atoms with E-state index >= 15 is 0 Å². The third-order valence-corrected chi connectivity index (χ3v) is 4.56. The Balaban J connectivity index is 2.07. The highest BCUT2D eigenvalue weighted by atomic mass is 16.1. The molecule has 0 saturated carbocycles. The number of rotatable bonds is 2. The van der Waals surface area contributed by atoms with Gasteiger partial charge in [-0.15, -0.1) is 0 Å². The molecule has 0 heterocycles. The van der Waals surface area contributed by atoms with Crippen LogP contribution < -0.4 is 0 Å². The molecule has 0 amide bonds. The second-order valence-corrected chi connectivity index (χ2v) is 5.80. The first-order chi connectivity index (χ1) is 10.3. The van der Waals surface area contributed by atoms with Gasteiger partial charge in [-0.25, -0.2) is 0 Å². The summed E-state index contributed by atoms with van der Waals surface area (Å²) in [5.74, 6) is 0. The molecular formula is C20H16O. The summed E-state index contributed by atoms with van der Waals surface area (Å²) < 4.78 is 0. The zero-order chi connectivity index (χ0) is 14.4. The highest BCUT2D eigenvalue weighted by Crippen LogP contribution is 2.38. The lowest BCUT2D eigenvalue weighted by Crippen LogP contribution is -1.90. The monoisotopic (exact) mass is 272 g/mol. The molecule has 0 unspecified atom stereocenters. The summed E-state index contributed by atoms with van der Waals surface area (Å²) in [6.07, 6.45) is 3.20. The van der Waals surface area contributed by atoms with Crippen LogP contribution >= 0.6 is 0 Å². The molecule has 1 nitrogen and oxygen atoms in total. The number of carbonyl (C=O) groups excluding carboxylic acids is 1. The van der Waals surface area contributed by atoms with E-state index in [9.17, 15) is 4.79 Å². The summed E-state index contributed by atoms with van der Waals surface area (Å²) in [7, 11) is 0. The summed E-state index contributed by atoms with van der Waals surface area (Å²) in [6.45, 7) is 2.10. The van der Waals surface area contributed by atoms with E-state index in [0.29, 0.717) is 0 Å². The Labute approximate surface area is 124 Å². The van der Waals surface area contributed by atoms with Gasteiger partial charge >= 0.3 is 0 Å². The van der Waals surface area contributed by atoms with Crippen LogP contribution in [0.25, 0.3) is 21.9 Å². The summed E-state index contributed by atoms with van der Waals surface area (Å²) in [4.78, 5) is 11.1. The maximum atomic E-state index is 11.1. The van der Waals surface area contributed by atoms with E-state index in [1.54, 1.807) is 0 Å². The SMILES string of the molecule is Cc1ccc(C=O)cc1-c1ccc2c3c(cccc13)CC2. The predicted molar refractivity (Wildman–Crippen MR) is 86.9 cm³/mol. The third-order valence-electron chi connectivity index (χ3n) is 4.56. The summed E-state index contributed by atoms with van der Waals surface area (Å²) >= 11 is 0.